The summed E-state index contributed by atoms with van der Waals surface area (Å²) in [5, 5.41) is 3.60. The molecule has 2 aromatic rings. The second-order valence-corrected chi connectivity index (χ2v) is 5.97. The first-order valence-corrected chi connectivity index (χ1v) is 7.83. The highest BCUT2D eigenvalue weighted by molar-refractivity contribution is 5.37. The smallest absolute Gasteiger partial charge is 0.0272 e. The van der Waals surface area contributed by atoms with Gasteiger partial charge in [-0.3, -0.25) is 0 Å². The summed E-state index contributed by atoms with van der Waals surface area (Å²) in [5.41, 5.74) is 4.13. The van der Waals surface area contributed by atoms with Crippen LogP contribution in [0.5, 0.6) is 0 Å². The number of nitrogens with one attached hydrogen (secondary N) is 1. The van der Waals surface area contributed by atoms with E-state index in [9.17, 15) is 0 Å². The highest BCUT2D eigenvalue weighted by Gasteiger charge is 2.20. The molecule has 1 aliphatic carbocycles. The molecule has 1 nitrogen and oxygen atoms in total. The highest BCUT2D eigenvalue weighted by Crippen LogP contribution is 2.27. The van der Waals surface area contributed by atoms with Gasteiger partial charge in [-0.15, -0.1) is 0 Å². The van der Waals surface area contributed by atoms with Gasteiger partial charge in [-0.25, -0.2) is 0 Å². The Labute approximate surface area is 127 Å². The molecular weight excluding hydrogens is 254 g/mol. The number of rotatable bonds is 6. The van der Waals surface area contributed by atoms with Crippen LogP contribution < -0.4 is 5.32 Å². The molecule has 1 saturated carbocycles. The van der Waals surface area contributed by atoms with E-state index in [-0.39, 0.29) is 0 Å². The van der Waals surface area contributed by atoms with Crippen LogP contribution in [-0.4, -0.2) is 12.6 Å². The van der Waals surface area contributed by atoms with Crippen LogP contribution in [0.25, 0.3) is 0 Å². The zero-order chi connectivity index (χ0) is 14.5. The average molecular weight is 277 g/mol. The Morgan fingerprint density at radius 2 is 1.52 bits per heavy atom. The van der Waals surface area contributed by atoms with Crippen molar-refractivity contribution in [3.05, 3.63) is 83.4 Å². The fourth-order valence-electron chi connectivity index (χ4n) is 2.64. The molecule has 0 heterocycles. The Morgan fingerprint density at radius 1 is 1.00 bits per heavy atom. The van der Waals surface area contributed by atoms with Gasteiger partial charge in [-0.1, -0.05) is 72.3 Å². The van der Waals surface area contributed by atoms with Crippen molar-refractivity contribution in [1.29, 1.82) is 0 Å². The fourth-order valence-corrected chi connectivity index (χ4v) is 2.64. The number of hydrogen-bond donors (Lipinski definition) is 1. The van der Waals surface area contributed by atoms with Gasteiger partial charge in [0.05, 0.1) is 0 Å². The monoisotopic (exact) mass is 277 g/mol. The largest absolute Gasteiger partial charge is 0.310 e. The van der Waals surface area contributed by atoms with Crippen LogP contribution in [0.2, 0.25) is 0 Å². The molecule has 1 aliphatic rings. The van der Waals surface area contributed by atoms with E-state index in [1.165, 1.54) is 29.5 Å². The highest BCUT2D eigenvalue weighted by atomic mass is 14.9. The molecule has 1 fully saturated rings. The van der Waals surface area contributed by atoms with Gasteiger partial charge in [0, 0.05) is 18.5 Å². The molecule has 0 atom stereocenters. The predicted molar refractivity (Wildman–Crippen MR) is 89.5 cm³/mol. The minimum absolute atomic E-state index is 0.341. The van der Waals surface area contributed by atoms with E-state index in [0.29, 0.717) is 5.92 Å². The molecule has 0 aliphatic heterocycles. The molecule has 0 bridgehead atoms. The molecule has 2 aromatic carbocycles. The van der Waals surface area contributed by atoms with Gasteiger partial charge in [0.15, 0.2) is 0 Å². The van der Waals surface area contributed by atoms with Gasteiger partial charge in [-0.2, -0.15) is 0 Å². The maximum atomic E-state index is 3.60. The maximum absolute atomic E-state index is 3.60. The van der Waals surface area contributed by atoms with Crippen molar-refractivity contribution in [2.24, 2.45) is 0 Å². The lowest BCUT2D eigenvalue weighted by molar-refractivity contribution is 0.730. The molecule has 21 heavy (non-hydrogen) atoms. The zero-order valence-corrected chi connectivity index (χ0v) is 12.6. The lowest BCUT2D eigenvalue weighted by Crippen LogP contribution is -2.18. The lowest BCUT2D eigenvalue weighted by Gasteiger charge is -2.16. The molecule has 0 radical (unpaired) electrons. The summed E-state index contributed by atoms with van der Waals surface area (Å²) in [5.74, 6) is 0.341. The van der Waals surface area contributed by atoms with Gasteiger partial charge in [0.25, 0.3) is 0 Å². The third-order valence-corrected chi connectivity index (χ3v) is 4.02. The van der Waals surface area contributed by atoms with Crippen LogP contribution in [0, 0.1) is 0 Å². The zero-order valence-electron chi connectivity index (χ0n) is 12.6. The van der Waals surface area contributed by atoms with E-state index in [0.717, 1.165) is 12.6 Å². The summed E-state index contributed by atoms with van der Waals surface area (Å²) >= 11 is 0. The Balaban J connectivity index is 1.83. The average Bonchev–Trinajstić information content (AvgIpc) is 3.37. The second kappa shape index (κ2) is 6.73. The summed E-state index contributed by atoms with van der Waals surface area (Å²) < 4.78 is 0. The summed E-state index contributed by atoms with van der Waals surface area (Å²) in [6.07, 6.45) is 5.09. The Kier molecular flexibility index (Phi) is 4.52. The van der Waals surface area contributed by atoms with E-state index in [1.54, 1.807) is 0 Å². The quantitative estimate of drug-likeness (QED) is 0.766. The Bertz CT molecular complexity index is 542. The van der Waals surface area contributed by atoms with Crippen LogP contribution in [0.15, 0.2) is 72.3 Å². The van der Waals surface area contributed by atoms with Crippen LogP contribution in [0.1, 0.15) is 36.8 Å². The van der Waals surface area contributed by atoms with E-state index in [4.69, 9.17) is 0 Å². The first-order chi connectivity index (χ1) is 10.3. The van der Waals surface area contributed by atoms with Crippen LogP contribution in [-0.2, 0) is 0 Å². The van der Waals surface area contributed by atoms with Crippen molar-refractivity contribution in [3.8, 4) is 0 Å². The molecule has 0 aromatic heterocycles. The first kappa shape index (κ1) is 14.1. The molecule has 0 unspecified atom stereocenters. The summed E-state index contributed by atoms with van der Waals surface area (Å²) in [6.45, 7) is 3.23. The van der Waals surface area contributed by atoms with Gasteiger partial charge in [0.1, 0.15) is 0 Å². The Hall–Kier alpha value is -1.86. The van der Waals surface area contributed by atoms with Crippen molar-refractivity contribution in [2.45, 2.75) is 31.7 Å². The summed E-state index contributed by atoms with van der Waals surface area (Å²) in [4.78, 5) is 0. The minimum atomic E-state index is 0.341. The van der Waals surface area contributed by atoms with Crippen LogP contribution in [0.3, 0.4) is 0 Å². The summed E-state index contributed by atoms with van der Waals surface area (Å²) in [6, 6.07) is 22.3. The minimum Gasteiger partial charge on any atom is -0.310 e. The van der Waals surface area contributed by atoms with Gasteiger partial charge < -0.3 is 5.32 Å². The molecule has 0 saturated heterocycles. The Morgan fingerprint density at radius 3 is 2.00 bits per heavy atom. The SMILES string of the molecule is C/C(=C/C(c1ccccc1)c1ccccc1)CNC1CC1. The molecule has 108 valence electrons. The van der Waals surface area contributed by atoms with Crippen molar-refractivity contribution in [1.82, 2.24) is 5.32 Å². The lowest BCUT2D eigenvalue weighted by atomic mass is 9.89. The van der Waals surface area contributed by atoms with Gasteiger partial charge in [0.2, 0.25) is 0 Å². The van der Waals surface area contributed by atoms with Crippen molar-refractivity contribution in [2.75, 3.05) is 6.54 Å². The van der Waals surface area contributed by atoms with E-state index in [1.807, 2.05) is 0 Å². The van der Waals surface area contributed by atoms with Crippen molar-refractivity contribution >= 4 is 0 Å². The third-order valence-electron chi connectivity index (χ3n) is 4.02. The molecule has 1 N–H and O–H groups in total. The summed E-state index contributed by atoms with van der Waals surface area (Å²) in [7, 11) is 0. The number of hydrogen-bond acceptors (Lipinski definition) is 1. The van der Waals surface area contributed by atoms with Crippen molar-refractivity contribution in [3.63, 3.8) is 0 Å². The number of allylic oxidation sites excluding steroid dienone is 1. The molecule has 0 spiro atoms. The van der Waals surface area contributed by atoms with E-state index >= 15 is 0 Å². The van der Waals surface area contributed by atoms with Crippen LogP contribution in [0.4, 0.5) is 0 Å². The van der Waals surface area contributed by atoms with Gasteiger partial charge in [-0.05, 0) is 30.9 Å². The fraction of sp³-hybridized carbons (Fsp3) is 0.300. The standard InChI is InChI=1S/C20H23N/c1-16(15-21-19-12-13-19)14-20(17-8-4-2-5-9-17)18-10-6-3-7-11-18/h2-11,14,19-21H,12-13,15H2,1H3/b16-14-. The van der Waals surface area contributed by atoms with Crippen molar-refractivity contribution < 1.29 is 0 Å². The van der Waals surface area contributed by atoms with E-state index < -0.39 is 0 Å². The normalized spacial score (nSPS) is 15.4. The maximum Gasteiger partial charge on any atom is 0.0272 e. The topological polar surface area (TPSA) is 12.0 Å². The second-order valence-electron chi connectivity index (χ2n) is 5.97. The molecular formula is C20H23N. The van der Waals surface area contributed by atoms with Crippen LogP contribution >= 0.6 is 0 Å². The van der Waals surface area contributed by atoms with Gasteiger partial charge >= 0.3 is 0 Å². The molecule has 0 amide bonds. The predicted octanol–water partition coefficient (Wildman–Crippen LogP) is 4.52. The third kappa shape index (κ3) is 4.05. The van der Waals surface area contributed by atoms with E-state index in [2.05, 4.69) is 79.0 Å². The number of benzene rings is 2. The molecule has 3 rings (SSSR count). The first-order valence-electron chi connectivity index (χ1n) is 7.83. The molecule has 1 heteroatoms.